The zero-order chi connectivity index (χ0) is 16.8. The Hall–Kier alpha value is -2.78. The molecule has 116 valence electrons. The molecule has 2 aromatic carbocycles. The summed E-state index contributed by atoms with van der Waals surface area (Å²) in [5.74, 6) is -0.272. The highest BCUT2D eigenvalue weighted by molar-refractivity contribution is 9.10. The normalized spacial score (nSPS) is 10.7. The number of nitrogens with one attached hydrogen (secondary N) is 1. The van der Waals surface area contributed by atoms with Crippen molar-refractivity contribution < 1.29 is 14.6 Å². The maximum absolute atomic E-state index is 12.2. The van der Waals surface area contributed by atoms with Gasteiger partial charge in [0.1, 0.15) is 11.6 Å². The molecule has 5 nitrogen and oxygen atoms in total. The molecule has 0 aliphatic heterocycles. The van der Waals surface area contributed by atoms with Crippen LogP contribution in [0.2, 0.25) is 0 Å². The molecule has 2 aromatic rings. The topological polar surface area (TPSA) is 82.3 Å². The van der Waals surface area contributed by atoms with Gasteiger partial charge in [-0.25, -0.2) is 0 Å². The fourth-order valence-corrected chi connectivity index (χ4v) is 2.28. The summed E-state index contributed by atoms with van der Waals surface area (Å²) >= 11 is 3.31. The summed E-state index contributed by atoms with van der Waals surface area (Å²) < 4.78 is 5.77. The number of halogens is 1. The molecule has 0 unspecified atom stereocenters. The molecule has 6 heteroatoms. The third-order valence-electron chi connectivity index (χ3n) is 2.96. The Bertz CT molecular complexity index is 810. The highest BCUT2D eigenvalue weighted by Gasteiger charge is 2.10. The average Bonchev–Trinajstić information content (AvgIpc) is 2.52. The number of benzene rings is 2. The minimum Gasteiger partial charge on any atom is -0.504 e. The van der Waals surface area contributed by atoms with Crippen molar-refractivity contribution in [3.8, 4) is 17.6 Å². The van der Waals surface area contributed by atoms with Gasteiger partial charge in [0, 0.05) is 10.2 Å². The smallest absolute Gasteiger partial charge is 0.266 e. The van der Waals surface area contributed by atoms with E-state index in [-0.39, 0.29) is 11.3 Å². The van der Waals surface area contributed by atoms with Crippen LogP contribution in [0.3, 0.4) is 0 Å². The Labute approximate surface area is 142 Å². The number of amides is 1. The quantitative estimate of drug-likeness (QED) is 0.632. The van der Waals surface area contributed by atoms with Crippen molar-refractivity contribution in [2.24, 2.45) is 0 Å². The molecule has 23 heavy (non-hydrogen) atoms. The van der Waals surface area contributed by atoms with Gasteiger partial charge in [0.25, 0.3) is 5.91 Å². The lowest BCUT2D eigenvalue weighted by Gasteiger charge is -2.06. The van der Waals surface area contributed by atoms with Crippen LogP contribution in [0.4, 0.5) is 5.69 Å². The number of nitrogens with zero attached hydrogens (tertiary/aromatic N) is 1. The van der Waals surface area contributed by atoms with E-state index < -0.39 is 5.91 Å². The van der Waals surface area contributed by atoms with Crippen LogP contribution in [0.5, 0.6) is 11.5 Å². The largest absolute Gasteiger partial charge is 0.504 e. The second kappa shape index (κ2) is 7.47. The highest BCUT2D eigenvalue weighted by Crippen LogP contribution is 2.27. The fourth-order valence-electron chi connectivity index (χ4n) is 1.88. The standard InChI is InChI=1S/C17H13BrN2O3/c1-23-16-6-5-11(8-15(16)21)7-12(10-19)17(22)20-14-4-2-3-13(18)9-14/h2-9,21H,1H3,(H,20,22)/b12-7-. The number of hydrogen-bond donors (Lipinski definition) is 2. The summed E-state index contributed by atoms with van der Waals surface area (Å²) in [4.78, 5) is 12.2. The van der Waals surface area contributed by atoms with E-state index >= 15 is 0 Å². The van der Waals surface area contributed by atoms with Crippen LogP contribution in [-0.2, 0) is 4.79 Å². The zero-order valence-electron chi connectivity index (χ0n) is 12.2. The third kappa shape index (κ3) is 4.34. The van der Waals surface area contributed by atoms with Gasteiger partial charge in [-0.05, 0) is 42.0 Å². The minimum atomic E-state index is -0.527. The van der Waals surface area contributed by atoms with Crippen molar-refractivity contribution in [1.29, 1.82) is 5.26 Å². The van der Waals surface area contributed by atoms with E-state index in [9.17, 15) is 15.2 Å². The van der Waals surface area contributed by atoms with Crippen LogP contribution in [0.25, 0.3) is 6.08 Å². The first kappa shape index (κ1) is 16.6. The number of rotatable bonds is 4. The molecule has 0 heterocycles. The zero-order valence-corrected chi connectivity index (χ0v) is 13.8. The molecule has 0 spiro atoms. The number of phenolic OH excluding ortho intramolecular Hbond substituents is 1. The number of nitriles is 1. The van der Waals surface area contributed by atoms with Crippen LogP contribution in [0.15, 0.2) is 52.5 Å². The molecule has 0 saturated carbocycles. The monoisotopic (exact) mass is 372 g/mol. The predicted molar refractivity (Wildman–Crippen MR) is 91.0 cm³/mol. The predicted octanol–water partition coefficient (Wildman–Crippen LogP) is 3.71. The van der Waals surface area contributed by atoms with Gasteiger partial charge in [0.2, 0.25) is 0 Å². The molecule has 0 aromatic heterocycles. The van der Waals surface area contributed by atoms with Crippen LogP contribution >= 0.6 is 15.9 Å². The Balaban J connectivity index is 2.23. The molecule has 0 bridgehead atoms. The van der Waals surface area contributed by atoms with E-state index in [0.717, 1.165) is 4.47 Å². The van der Waals surface area contributed by atoms with Gasteiger partial charge >= 0.3 is 0 Å². The summed E-state index contributed by atoms with van der Waals surface area (Å²) in [6.07, 6.45) is 1.40. The van der Waals surface area contributed by atoms with Crippen molar-refractivity contribution in [2.75, 3.05) is 12.4 Å². The van der Waals surface area contributed by atoms with Crippen LogP contribution in [0.1, 0.15) is 5.56 Å². The van der Waals surface area contributed by atoms with Crippen molar-refractivity contribution in [3.05, 3.63) is 58.1 Å². The molecule has 0 aliphatic rings. The number of anilines is 1. The van der Waals surface area contributed by atoms with Gasteiger partial charge in [0.05, 0.1) is 7.11 Å². The molecule has 0 saturated heterocycles. The third-order valence-corrected chi connectivity index (χ3v) is 3.45. The number of carbonyl (C=O) groups is 1. The van der Waals surface area contributed by atoms with Crippen molar-refractivity contribution >= 4 is 33.6 Å². The maximum Gasteiger partial charge on any atom is 0.266 e. The Morgan fingerprint density at radius 1 is 1.35 bits per heavy atom. The van der Waals surface area contributed by atoms with Gasteiger partial charge < -0.3 is 15.2 Å². The number of hydrogen-bond acceptors (Lipinski definition) is 4. The summed E-state index contributed by atoms with van der Waals surface area (Å²) in [6.45, 7) is 0. The number of aromatic hydroxyl groups is 1. The SMILES string of the molecule is COc1ccc(/C=C(/C#N)C(=O)Nc2cccc(Br)c2)cc1O. The summed E-state index contributed by atoms with van der Waals surface area (Å²) in [6, 6.07) is 13.5. The van der Waals surface area contributed by atoms with Crippen LogP contribution < -0.4 is 10.1 Å². The number of ether oxygens (including phenoxy) is 1. The fraction of sp³-hybridized carbons (Fsp3) is 0.0588. The van der Waals surface area contributed by atoms with Crippen LogP contribution in [0, 0.1) is 11.3 Å². The first-order valence-electron chi connectivity index (χ1n) is 6.59. The van der Waals surface area contributed by atoms with E-state index in [2.05, 4.69) is 21.2 Å². The first-order valence-corrected chi connectivity index (χ1v) is 7.38. The molecular formula is C17H13BrN2O3. The Kier molecular flexibility index (Phi) is 5.39. The van der Waals surface area contributed by atoms with Crippen molar-refractivity contribution in [1.82, 2.24) is 0 Å². The molecule has 0 atom stereocenters. The first-order chi connectivity index (χ1) is 11.0. The number of carbonyl (C=O) groups excluding carboxylic acids is 1. The lowest BCUT2D eigenvalue weighted by atomic mass is 10.1. The van der Waals surface area contributed by atoms with Gasteiger partial charge in [-0.1, -0.05) is 28.1 Å². The molecule has 1 amide bonds. The lowest BCUT2D eigenvalue weighted by molar-refractivity contribution is -0.112. The Morgan fingerprint density at radius 2 is 2.13 bits per heavy atom. The van der Waals surface area contributed by atoms with E-state index in [0.29, 0.717) is 17.0 Å². The summed E-state index contributed by atoms with van der Waals surface area (Å²) in [5.41, 5.74) is 1.02. The van der Waals surface area contributed by atoms with E-state index in [1.54, 1.807) is 30.3 Å². The van der Waals surface area contributed by atoms with Gasteiger partial charge in [-0.3, -0.25) is 4.79 Å². The molecule has 2 rings (SSSR count). The molecule has 0 aliphatic carbocycles. The highest BCUT2D eigenvalue weighted by atomic mass is 79.9. The number of methoxy groups -OCH3 is 1. The summed E-state index contributed by atoms with van der Waals surface area (Å²) in [7, 11) is 1.44. The van der Waals surface area contributed by atoms with E-state index in [1.807, 2.05) is 12.1 Å². The van der Waals surface area contributed by atoms with Gasteiger partial charge in [0.15, 0.2) is 11.5 Å². The average molecular weight is 373 g/mol. The van der Waals surface area contributed by atoms with E-state index in [1.165, 1.54) is 19.3 Å². The second-order valence-corrected chi connectivity index (χ2v) is 5.48. The molecule has 0 radical (unpaired) electrons. The Morgan fingerprint density at radius 3 is 2.74 bits per heavy atom. The van der Waals surface area contributed by atoms with Crippen molar-refractivity contribution in [3.63, 3.8) is 0 Å². The minimum absolute atomic E-state index is 0.0639. The summed E-state index contributed by atoms with van der Waals surface area (Å²) in [5, 5.41) is 21.6. The number of phenols is 1. The van der Waals surface area contributed by atoms with Gasteiger partial charge in [-0.15, -0.1) is 0 Å². The van der Waals surface area contributed by atoms with Gasteiger partial charge in [-0.2, -0.15) is 5.26 Å². The maximum atomic E-state index is 12.2. The lowest BCUT2D eigenvalue weighted by Crippen LogP contribution is -2.13. The van der Waals surface area contributed by atoms with Crippen LogP contribution in [-0.4, -0.2) is 18.1 Å². The second-order valence-electron chi connectivity index (χ2n) is 4.57. The van der Waals surface area contributed by atoms with E-state index in [4.69, 9.17) is 4.74 Å². The molecule has 2 N–H and O–H groups in total. The molecule has 0 fully saturated rings. The molecular weight excluding hydrogens is 360 g/mol. The van der Waals surface area contributed by atoms with Crippen molar-refractivity contribution in [2.45, 2.75) is 0 Å².